The second-order valence-corrected chi connectivity index (χ2v) is 15.2. The molecule has 0 spiro atoms. The third-order valence-electron chi connectivity index (χ3n) is 10.9. The first-order valence-corrected chi connectivity index (χ1v) is 21.2. The smallest absolute Gasteiger partial charge is 0.225 e. The molecule has 1 aliphatic rings. The van der Waals surface area contributed by atoms with Crippen LogP contribution in [-0.4, -0.2) is 29.4 Å². The normalized spacial score (nSPS) is 13.9. The van der Waals surface area contributed by atoms with E-state index in [4.69, 9.17) is 0 Å². The molecule has 0 saturated heterocycles. The number of carbonyl (C=O) groups excluding carboxylic acids is 2. The molecule has 0 unspecified atom stereocenters. The summed E-state index contributed by atoms with van der Waals surface area (Å²) < 4.78 is 0.0409. The molecule has 47 heavy (non-hydrogen) atoms. The summed E-state index contributed by atoms with van der Waals surface area (Å²) in [6.07, 6.45) is 42.8. The molecule has 0 radical (unpaired) electrons. The lowest BCUT2D eigenvalue weighted by molar-refractivity contribution is -0.767. The van der Waals surface area contributed by atoms with E-state index in [1.165, 1.54) is 180 Å². The molecule has 1 aromatic carbocycles. The summed E-state index contributed by atoms with van der Waals surface area (Å²) in [5.41, 5.74) is 1.46. The van der Waals surface area contributed by atoms with E-state index in [9.17, 15) is 9.59 Å². The first-order chi connectivity index (χ1) is 23.2. The minimum atomic E-state index is 0.0409. The predicted molar refractivity (Wildman–Crippen MR) is 204 cm³/mol. The van der Waals surface area contributed by atoms with Gasteiger partial charge < -0.3 is 0 Å². The number of imide groups is 1. The molecule has 0 N–H and O–H groups in total. The van der Waals surface area contributed by atoms with Gasteiger partial charge in [0.05, 0.1) is 24.2 Å². The van der Waals surface area contributed by atoms with Gasteiger partial charge in [-0.05, 0) is 43.9 Å². The summed E-state index contributed by atoms with van der Waals surface area (Å²) in [4.78, 5) is 27.3. The van der Waals surface area contributed by atoms with E-state index < -0.39 is 0 Å². The average Bonchev–Trinajstić information content (AvgIpc) is 3.09. The third-order valence-corrected chi connectivity index (χ3v) is 10.9. The number of unbranched alkanes of at least 4 members (excludes halogenated alkanes) is 30. The Labute approximate surface area is 293 Å². The number of hydrogen-bond donors (Lipinski definition) is 0. The highest BCUT2D eigenvalue weighted by Gasteiger charge is 2.47. The van der Waals surface area contributed by atoms with Gasteiger partial charge in [-0.3, -0.25) is 0 Å². The molecule has 1 aromatic rings. The van der Waals surface area contributed by atoms with Crippen molar-refractivity contribution in [3.63, 3.8) is 0 Å². The van der Waals surface area contributed by atoms with Crippen LogP contribution in [0.25, 0.3) is 0 Å². The van der Waals surface area contributed by atoms with Gasteiger partial charge in [0.2, 0.25) is 0 Å². The third kappa shape index (κ3) is 18.2. The molecule has 270 valence electrons. The highest BCUT2D eigenvalue weighted by atomic mass is 16.2. The molecule has 2 amide bonds. The Morgan fingerprint density at radius 3 is 0.851 bits per heavy atom. The predicted octanol–water partition coefficient (Wildman–Crippen LogP) is 14.3. The van der Waals surface area contributed by atoms with Gasteiger partial charge in [-0.2, -0.15) is 4.48 Å². The van der Waals surface area contributed by atoms with Crippen LogP contribution in [0.15, 0.2) is 24.3 Å². The van der Waals surface area contributed by atoms with Crippen LogP contribution in [0, 0.1) is 0 Å². The summed E-state index contributed by atoms with van der Waals surface area (Å²) >= 11 is 0. The van der Waals surface area contributed by atoms with Crippen LogP contribution >= 0.6 is 0 Å². The van der Waals surface area contributed by atoms with Crippen LogP contribution in [0.1, 0.15) is 240 Å². The standard InChI is InChI=1S/C44H78NO2/c1-3-5-7-9-11-13-15-17-19-21-23-25-27-29-31-33-38-45(43(46)41-36-35-37-42(40-41)44(45)47)39-34-32-30-28-26-24-22-20-18-16-14-12-10-8-6-4-2/h35-37,40H,3-34,38-39H2,1-2H3/q+1. The van der Waals surface area contributed by atoms with E-state index in [2.05, 4.69) is 13.8 Å². The Kier molecular flexibility index (Phi) is 25.2. The zero-order valence-corrected chi connectivity index (χ0v) is 31.6. The number of fused-ring (bicyclic) bond motifs is 2. The second-order valence-electron chi connectivity index (χ2n) is 15.2. The fraction of sp³-hybridized carbons (Fsp3) is 0.818. The van der Waals surface area contributed by atoms with Gasteiger partial charge in [0.25, 0.3) is 0 Å². The quantitative estimate of drug-likeness (QED) is 0.0422. The Bertz CT molecular complexity index is 839. The van der Waals surface area contributed by atoms with E-state index in [1.54, 1.807) is 0 Å². The number of carbonyl (C=O) groups is 2. The Morgan fingerprint density at radius 2 is 0.596 bits per heavy atom. The lowest BCUT2D eigenvalue weighted by atomic mass is 9.98. The van der Waals surface area contributed by atoms with Crippen LogP contribution in [-0.2, 0) is 0 Å². The van der Waals surface area contributed by atoms with Crippen molar-refractivity contribution in [2.45, 2.75) is 219 Å². The van der Waals surface area contributed by atoms with Crippen molar-refractivity contribution < 1.29 is 14.1 Å². The van der Waals surface area contributed by atoms with Crippen molar-refractivity contribution in [3.05, 3.63) is 35.4 Å². The van der Waals surface area contributed by atoms with Crippen LogP contribution in [0.5, 0.6) is 0 Å². The van der Waals surface area contributed by atoms with Gasteiger partial charge in [0.15, 0.2) is 0 Å². The Morgan fingerprint density at radius 1 is 0.362 bits per heavy atom. The molecular weight excluding hydrogens is 574 g/mol. The number of rotatable bonds is 34. The van der Waals surface area contributed by atoms with Gasteiger partial charge in [-0.25, -0.2) is 9.59 Å². The maximum absolute atomic E-state index is 13.7. The van der Waals surface area contributed by atoms with Crippen LogP contribution in [0.4, 0.5) is 0 Å². The molecule has 0 fully saturated rings. The zero-order valence-electron chi connectivity index (χ0n) is 31.6. The van der Waals surface area contributed by atoms with Crippen molar-refractivity contribution in [3.8, 4) is 0 Å². The number of benzene rings is 1. The molecule has 0 saturated carbocycles. The number of hydrogen-bond acceptors (Lipinski definition) is 2. The Balaban J connectivity index is 1.55. The molecule has 0 atom stereocenters. The second kappa shape index (κ2) is 28.4. The molecule has 1 heterocycles. The lowest BCUT2D eigenvalue weighted by Gasteiger charge is -2.36. The van der Waals surface area contributed by atoms with Crippen LogP contribution < -0.4 is 0 Å². The maximum atomic E-state index is 13.7. The molecule has 1 aliphatic heterocycles. The summed E-state index contributed by atoms with van der Waals surface area (Å²) in [6.45, 7) is 5.93. The van der Waals surface area contributed by atoms with Gasteiger partial charge in [-0.15, -0.1) is 0 Å². The first kappa shape index (κ1) is 41.7. The topological polar surface area (TPSA) is 34.1 Å². The fourth-order valence-electron chi connectivity index (χ4n) is 7.75. The van der Waals surface area contributed by atoms with E-state index in [0.29, 0.717) is 13.1 Å². The largest absolute Gasteiger partial charge is 0.353 e. The highest BCUT2D eigenvalue weighted by molar-refractivity contribution is 6.06. The Hall–Kier alpha value is -1.48. The molecule has 3 nitrogen and oxygen atoms in total. The summed E-state index contributed by atoms with van der Waals surface area (Å²) in [5.74, 6) is 0.0926. The van der Waals surface area contributed by atoms with Crippen molar-refractivity contribution in [2.24, 2.45) is 0 Å². The van der Waals surface area contributed by atoms with E-state index in [-0.39, 0.29) is 16.3 Å². The van der Waals surface area contributed by atoms with Crippen molar-refractivity contribution >= 4 is 11.8 Å². The zero-order chi connectivity index (χ0) is 33.7. The number of quaternary nitrogens is 1. The first-order valence-electron chi connectivity index (χ1n) is 21.2. The number of amides is 2. The minimum absolute atomic E-state index is 0.0409. The van der Waals surface area contributed by atoms with E-state index in [1.807, 2.05) is 24.3 Å². The van der Waals surface area contributed by atoms with Gasteiger partial charge in [0.1, 0.15) is 0 Å². The van der Waals surface area contributed by atoms with E-state index in [0.717, 1.165) is 36.8 Å². The summed E-state index contributed by atoms with van der Waals surface area (Å²) in [7, 11) is 0. The molecular formula is C44H78NO2+. The SMILES string of the molecule is CCCCCCCCCCCCCCCCCC[N+]1(CCCCCCCCCCCCCCCCCC)C(=O)c2cccc(c2)C1=O. The van der Waals surface area contributed by atoms with E-state index >= 15 is 0 Å². The average molecular weight is 653 g/mol. The molecule has 2 bridgehead atoms. The highest BCUT2D eigenvalue weighted by Crippen LogP contribution is 2.29. The summed E-state index contributed by atoms with van der Waals surface area (Å²) in [5, 5.41) is 0. The van der Waals surface area contributed by atoms with Gasteiger partial charge in [0, 0.05) is 0 Å². The van der Waals surface area contributed by atoms with Crippen LogP contribution in [0.2, 0.25) is 0 Å². The molecule has 0 aliphatic carbocycles. The van der Waals surface area contributed by atoms with Gasteiger partial charge in [-0.1, -0.05) is 200 Å². The fourth-order valence-corrected chi connectivity index (χ4v) is 7.75. The van der Waals surface area contributed by atoms with Crippen molar-refractivity contribution in [1.82, 2.24) is 0 Å². The lowest BCUT2D eigenvalue weighted by Crippen LogP contribution is -2.59. The summed E-state index contributed by atoms with van der Waals surface area (Å²) in [6, 6.07) is 7.51. The monoisotopic (exact) mass is 653 g/mol. The van der Waals surface area contributed by atoms with Crippen LogP contribution in [0.3, 0.4) is 0 Å². The van der Waals surface area contributed by atoms with Crippen molar-refractivity contribution in [2.75, 3.05) is 13.1 Å². The molecule has 2 rings (SSSR count). The van der Waals surface area contributed by atoms with Crippen molar-refractivity contribution in [1.29, 1.82) is 0 Å². The molecule has 0 aromatic heterocycles. The minimum Gasteiger partial charge on any atom is -0.225 e. The maximum Gasteiger partial charge on any atom is 0.353 e. The molecule has 3 heteroatoms. The number of nitrogens with zero attached hydrogens (tertiary/aromatic N) is 1. The van der Waals surface area contributed by atoms with Gasteiger partial charge >= 0.3 is 11.8 Å².